The lowest BCUT2D eigenvalue weighted by molar-refractivity contribution is 0.744. The second-order valence-corrected chi connectivity index (χ2v) is 5.23. The first-order valence-corrected chi connectivity index (χ1v) is 6.59. The quantitative estimate of drug-likeness (QED) is 0.811. The molecule has 0 saturated heterocycles. The van der Waals surface area contributed by atoms with Crippen LogP contribution in [0, 0.1) is 0 Å². The maximum atomic E-state index is 5.49. The van der Waals surface area contributed by atoms with Gasteiger partial charge in [0.25, 0.3) is 0 Å². The Hall–Kier alpha value is -0.340. The molecular weight excluding hydrogens is 250 g/mol. The van der Waals surface area contributed by atoms with Gasteiger partial charge >= 0.3 is 0 Å². The van der Waals surface area contributed by atoms with Crippen LogP contribution in [0.2, 0.25) is 0 Å². The van der Waals surface area contributed by atoms with Crippen LogP contribution in [-0.2, 0) is 6.42 Å². The van der Waals surface area contributed by atoms with Crippen LogP contribution in [0.3, 0.4) is 0 Å². The highest BCUT2D eigenvalue weighted by atomic mass is 79.9. The number of nitrogens with two attached hydrogens (primary N) is 1. The van der Waals surface area contributed by atoms with Gasteiger partial charge in [-0.15, -0.1) is 0 Å². The van der Waals surface area contributed by atoms with Crippen molar-refractivity contribution in [2.24, 2.45) is 5.73 Å². The molecule has 1 aromatic rings. The molecule has 2 heteroatoms. The molecule has 1 aliphatic rings. The number of unbranched alkanes of at least 4 members (excludes halogenated alkanes) is 1. The van der Waals surface area contributed by atoms with Gasteiger partial charge in [-0.25, -0.2) is 0 Å². The zero-order chi connectivity index (χ0) is 10.7. The van der Waals surface area contributed by atoms with E-state index in [1.165, 1.54) is 34.9 Å². The standard InChI is InChI=1S/C13H18BrN/c14-13-9-10(3-1-2-8-15)4-7-12(13)11-5-6-11/h4,7,9,11H,1-3,5-6,8,15H2. The molecule has 0 atom stereocenters. The van der Waals surface area contributed by atoms with Crippen LogP contribution >= 0.6 is 15.9 Å². The van der Waals surface area contributed by atoms with Crippen LogP contribution < -0.4 is 5.73 Å². The summed E-state index contributed by atoms with van der Waals surface area (Å²) < 4.78 is 1.30. The minimum absolute atomic E-state index is 0.807. The Morgan fingerprint density at radius 1 is 1.27 bits per heavy atom. The third kappa shape index (κ3) is 3.05. The predicted octanol–water partition coefficient (Wildman–Crippen LogP) is 3.61. The largest absolute Gasteiger partial charge is 0.330 e. The van der Waals surface area contributed by atoms with Gasteiger partial charge in [-0.2, -0.15) is 0 Å². The fourth-order valence-corrected chi connectivity index (χ4v) is 2.67. The van der Waals surface area contributed by atoms with Gasteiger partial charge in [0, 0.05) is 4.47 Å². The van der Waals surface area contributed by atoms with Crippen molar-refractivity contribution in [3.63, 3.8) is 0 Å². The Labute approximate surface area is 100 Å². The molecule has 1 fully saturated rings. The van der Waals surface area contributed by atoms with E-state index in [1.54, 1.807) is 0 Å². The average Bonchev–Trinajstić information content (AvgIpc) is 3.02. The summed E-state index contributed by atoms with van der Waals surface area (Å²) in [4.78, 5) is 0. The first-order chi connectivity index (χ1) is 7.31. The number of halogens is 1. The van der Waals surface area contributed by atoms with Crippen LogP contribution in [0.4, 0.5) is 0 Å². The van der Waals surface area contributed by atoms with Crippen molar-refractivity contribution in [1.82, 2.24) is 0 Å². The summed E-state index contributed by atoms with van der Waals surface area (Å²) >= 11 is 3.67. The molecule has 1 nitrogen and oxygen atoms in total. The van der Waals surface area contributed by atoms with Crippen molar-refractivity contribution in [2.45, 2.75) is 38.0 Å². The topological polar surface area (TPSA) is 26.0 Å². The Bertz CT molecular complexity index is 331. The SMILES string of the molecule is NCCCCc1ccc(C2CC2)c(Br)c1. The smallest absolute Gasteiger partial charge is 0.0212 e. The first kappa shape index (κ1) is 11.2. The third-order valence-corrected chi connectivity index (χ3v) is 3.69. The molecule has 0 heterocycles. The van der Waals surface area contributed by atoms with E-state index in [0.717, 1.165) is 25.3 Å². The molecule has 0 amide bonds. The van der Waals surface area contributed by atoms with Gasteiger partial charge in [0.2, 0.25) is 0 Å². The highest BCUT2D eigenvalue weighted by Gasteiger charge is 2.25. The summed E-state index contributed by atoms with van der Waals surface area (Å²) in [5.41, 5.74) is 8.41. The number of rotatable bonds is 5. The van der Waals surface area contributed by atoms with Crippen molar-refractivity contribution in [3.8, 4) is 0 Å². The van der Waals surface area contributed by atoms with E-state index in [0.29, 0.717) is 0 Å². The van der Waals surface area contributed by atoms with Crippen molar-refractivity contribution in [3.05, 3.63) is 33.8 Å². The Balaban J connectivity index is 1.98. The van der Waals surface area contributed by atoms with Crippen molar-refractivity contribution in [2.75, 3.05) is 6.54 Å². The van der Waals surface area contributed by atoms with Gasteiger partial charge in [0.05, 0.1) is 0 Å². The van der Waals surface area contributed by atoms with Gasteiger partial charge in [-0.1, -0.05) is 28.1 Å². The number of benzene rings is 1. The molecule has 2 N–H and O–H groups in total. The van der Waals surface area contributed by atoms with E-state index in [9.17, 15) is 0 Å². The molecule has 1 saturated carbocycles. The minimum atomic E-state index is 0.807. The van der Waals surface area contributed by atoms with Crippen LogP contribution in [0.1, 0.15) is 42.7 Å². The lowest BCUT2D eigenvalue weighted by Gasteiger charge is -2.06. The van der Waals surface area contributed by atoms with Crippen LogP contribution in [0.15, 0.2) is 22.7 Å². The molecule has 0 aromatic heterocycles. The summed E-state index contributed by atoms with van der Waals surface area (Å²) in [5.74, 6) is 0.831. The lowest BCUT2D eigenvalue weighted by Crippen LogP contribution is -1.99. The van der Waals surface area contributed by atoms with Gasteiger partial charge in [0.1, 0.15) is 0 Å². The summed E-state index contributed by atoms with van der Waals surface area (Å²) in [6.45, 7) is 0.807. The van der Waals surface area contributed by atoms with E-state index < -0.39 is 0 Å². The monoisotopic (exact) mass is 267 g/mol. The van der Waals surface area contributed by atoms with E-state index in [1.807, 2.05) is 0 Å². The van der Waals surface area contributed by atoms with Crippen molar-refractivity contribution >= 4 is 15.9 Å². The summed E-state index contributed by atoms with van der Waals surface area (Å²) in [7, 11) is 0. The highest BCUT2D eigenvalue weighted by Crippen LogP contribution is 2.43. The zero-order valence-electron chi connectivity index (χ0n) is 9.01. The maximum Gasteiger partial charge on any atom is 0.0212 e. The molecule has 0 aliphatic heterocycles. The molecule has 0 bridgehead atoms. The summed E-state index contributed by atoms with van der Waals surface area (Å²) in [6.07, 6.45) is 6.21. The predicted molar refractivity (Wildman–Crippen MR) is 68.1 cm³/mol. The zero-order valence-corrected chi connectivity index (χ0v) is 10.6. The summed E-state index contributed by atoms with van der Waals surface area (Å²) in [6, 6.07) is 6.85. The molecule has 0 unspecified atom stereocenters. The van der Waals surface area contributed by atoms with Crippen molar-refractivity contribution < 1.29 is 0 Å². The van der Waals surface area contributed by atoms with Crippen molar-refractivity contribution in [1.29, 1.82) is 0 Å². The normalized spacial score (nSPS) is 15.6. The molecule has 1 aliphatic carbocycles. The van der Waals surface area contributed by atoms with Gasteiger partial charge in [0.15, 0.2) is 0 Å². The highest BCUT2D eigenvalue weighted by molar-refractivity contribution is 9.10. The summed E-state index contributed by atoms with van der Waals surface area (Å²) in [5, 5.41) is 0. The fourth-order valence-electron chi connectivity index (χ4n) is 1.93. The Kier molecular flexibility index (Phi) is 3.81. The van der Waals surface area contributed by atoms with Gasteiger partial charge < -0.3 is 5.73 Å². The number of hydrogen-bond acceptors (Lipinski definition) is 1. The molecule has 2 rings (SSSR count). The minimum Gasteiger partial charge on any atom is -0.330 e. The number of aryl methyl sites for hydroxylation is 1. The molecule has 1 aromatic carbocycles. The van der Waals surface area contributed by atoms with Gasteiger partial charge in [-0.05, 0) is 61.8 Å². The second-order valence-electron chi connectivity index (χ2n) is 4.38. The number of hydrogen-bond donors (Lipinski definition) is 1. The van der Waals surface area contributed by atoms with E-state index in [-0.39, 0.29) is 0 Å². The van der Waals surface area contributed by atoms with E-state index in [2.05, 4.69) is 34.1 Å². The Morgan fingerprint density at radius 3 is 2.67 bits per heavy atom. The third-order valence-electron chi connectivity index (χ3n) is 3.00. The molecule has 82 valence electrons. The molecule has 0 radical (unpaired) electrons. The van der Waals surface area contributed by atoms with Crippen LogP contribution in [0.5, 0.6) is 0 Å². The molecule has 0 spiro atoms. The van der Waals surface area contributed by atoms with Crippen LogP contribution in [-0.4, -0.2) is 6.54 Å². The molecule has 15 heavy (non-hydrogen) atoms. The van der Waals surface area contributed by atoms with Gasteiger partial charge in [-0.3, -0.25) is 0 Å². The maximum absolute atomic E-state index is 5.49. The molecular formula is C13H18BrN. The Morgan fingerprint density at radius 2 is 2.07 bits per heavy atom. The van der Waals surface area contributed by atoms with E-state index in [4.69, 9.17) is 5.73 Å². The van der Waals surface area contributed by atoms with E-state index >= 15 is 0 Å². The van der Waals surface area contributed by atoms with Crippen LogP contribution in [0.25, 0.3) is 0 Å². The average molecular weight is 268 g/mol. The first-order valence-electron chi connectivity index (χ1n) is 5.79. The lowest BCUT2D eigenvalue weighted by atomic mass is 10.0. The second kappa shape index (κ2) is 5.13. The fraction of sp³-hybridized carbons (Fsp3) is 0.538.